The van der Waals surface area contributed by atoms with Crippen LogP contribution >= 0.6 is 24.0 Å². The number of carbonyl (C=O) groups excluding carboxylic acids is 2. The average molecular weight is 503 g/mol. The fourth-order valence-electron chi connectivity index (χ4n) is 2.38. The van der Waals surface area contributed by atoms with Gasteiger partial charge in [0.1, 0.15) is 12.4 Å². The summed E-state index contributed by atoms with van der Waals surface area (Å²) in [6.07, 6.45) is 2.01. The molecule has 1 aromatic carbocycles. The lowest BCUT2D eigenvalue weighted by Crippen LogP contribution is -2.40. The van der Waals surface area contributed by atoms with Gasteiger partial charge in [0, 0.05) is 37.7 Å². The summed E-state index contributed by atoms with van der Waals surface area (Å²) in [4.78, 5) is 27.1. The molecule has 28 heavy (non-hydrogen) atoms. The molecule has 0 spiro atoms. The molecule has 156 valence electrons. The van der Waals surface area contributed by atoms with E-state index < -0.39 is 0 Å². The molecule has 0 saturated heterocycles. The van der Waals surface area contributed by atoms with Gasteiger partial charge in [-0.15, -0.1) is 24.0 Å². The minimum Gasteiger partial charge on any atom is -0.492 e. The fraction of sp³-hybridized carbons (Fsp3) is 0.526. The number of amides is 2. The SMILES string of the molecule is CCNC(=NCCNC(=O)C1CC1)NCCOc1cccc(NC(C)=O)c1.I. The third-order valence-corrected chi connectivity index (χ3v) is 3.79. The van der Waals surface area contributed by atoms with E-state index in [9.17, 15) is 9.59 Å². The number of benzene rings is 1. The van der Waals surface area contributed by atoms with Crippen LogP contribution < -0.4 is 26.0 Å². The van der Waals surface area contributed by atoms with E-state index in [0.29, 0.717) is 43.6 Å². The van der Waals surface area contributed by atoms with Crippen molar-refractivity contribution in [3.05, 3.63) is 24.3 Å². The Kier molecular flexibility index (Phi) is 11.3. The number of carbonyl (C=O) groups is 2. The number of rotatable bonds is 10. The van der Waals surface area contributed by atoms with Gasteiger partial charge in [0.15, 0.2) is 5.96 Å². The van der Waals surface area contributed by atoms with Gasteiger partial charge in [0.25, 0.3) is 0 Å². The Morgan fingerprint density at radius 2 is 1.96 bits per heavy atom. The highest BCUT2D eigenvalue weighted by molar-refractivity contribution is 14.0. The van der Waals surface area contributed by atoms with Crippen LogP contribution in [0.3, 0.4) is 0 Å². The maximum atomic E-state index is 11.6. The second kappa shape index (κ2) is 13.2. The molecule has 1 aliphatic carbocycles. The number of halogens is 1. The van der Waals surface area contributed by atoms with Crippen LogP contribution in [0.25, 0.3) is 0 Å². The maximum absolute atomic E-state index is 11.6. The Labute approximate surface area is 183 Å². The summed E-state index contributed by atoms with van der Waals surface area (Å²) >= 11 is 0. The Bertz CT molecular complexity index is 665. The minimum absolute atomic E-state index is 0. The Morgan fingerprint density at radius 3 is 2.64 bits per heavy atom. The number of nitrogens with zero attached hydrogens (tertiary/aromatic N) is 1. The van der Waals surface area contributed by atoms with Crippen molar-refractivity contribution in [1.82, 2.24) is 16.0 Å². The first kappa shape index (κ1) is 24.0. The second-order valence-electron chi connectivity index (χ2n) is 6.31. The zero-order valence-corrected chi connectivity index (χ0v) is 18.7. The van der Waals surface area contributed by atoms with Crippen molar-refractivity contribution in [2.45, 2.75) is 26.7 Å². The number of anilines is 1. The first-order valence-corrected chi connectivity index (χ1v) is 9.39. The largest absolute Gasteiger partial charge is 0.492 e. The number of ether oxygens (including phenoxy) is 1. The van der Waals surface area contributed by atoms with Crippen molar-refractivity contribution < 1.29 is 14.3 Å². The molecule has 1 fully saturated rings. The Balaban J connectivity index is 0.00000392. The highest BCUT2D eigenvalue weighted by atomic mass is 127. The van der Waals surface area contributed by atoms with Crippen LogP contribution in [0.15, 0.2) is 29.3 Å². The molecule has 9 heteroatoms. The monoisotopic (exact) mass is 503 g/mol. The van der Waals surface area contributed by atoms with Gasteiger partial charge < -0.3 is 26.0 Å². The molecular weight excluding hydrogens is 473 g/mol. The molecular formula is C19H30IN5O3. The van der Waals surface area contributed by atoms with Gasteiger partial charge in [-0.2, -0.15) is 0 Å². The van der Waals surface area contributed by atoms with E-state index in [1.807, 2.05) is 25.1 Å². The molecule has 0 bridgehead atoms. The molecule has 0 radical (unpaired) electrons. The van der Waals surface area contributed by atoms with Crippen LogP contribution in [0.5, 0.6) is 5.75 Å². The summed E-state index contributed by atoms with van der Waals surface area (Å²) in [5, 5.41) is 12.0. The quantitative estimate of drug-likeness (QED) is 0.169. The van der Waals surface area contributed by atoms with E-state index in [-0.39, 0.29) is 41.7 Å². The second-order valence-corrected chi connectivity index (χ2v) is 6.31. The Hall–Kier alpha value is -2.04. The Morgan fingerprint density at radius 1 is 1.18 bits per heavy atom. The normalized spacial score (nSPS) is 13.1. The van der Waals surface area contributed by atoms with Crippen molar-refractivity contribution in [2.24, 2.45) is 10.9 Å². The molecule has 0 atom stereocenters. The lowest BCUT2D eigenvalue weighted by molar-refractivity contribution is -0.122. The number of hydrogen-bond acceptors (Lipinski definition) is 4. The summed E-state index contributed by atoms with van der Waals surface area (Å²) < 4.78 is 5.69. The van der Waals surface area contributed by atoms with Gasteiger partial charge in [0.2, 0.25) is 11.8 Å². The van der Waals surface area contributed by atoms with E-state index in [0.717, 1.165) is 19.4 Å². The number of aliphatic imine (C=N–C) groups is 1. The summed E-state index contributed by atoms with van der Waals surface area (Å²) in [6, 6.07) is 7.26. The lowest BCUT2D eigenvalue weighted by Gasteiger charge is -2.13. The third kappa shape index (κ3) is 9.77. The first-order chi connectivity index (χ1) is 13.1. The third-order valence-electron chi connectivity index (χ3n) is 3.79. The number of guanidine groups is 1. The highest BCUT2D eigenvalue weighted by Gasteiger charge is 2.28. The van der Waals surface area contributed by atoms with Crippen LogP contribution in [0.4, 0.5) is 5.69 Å². The van der Waals surface area contributed by atoms with Gasteiger partial charge >= 0.3 is 0 Å². The minimum atomic E-state index is -0.117. The van der Waals surface area contributed by atoms with E-state index in [1.54, 1.807) is 6.07 Å². The van der Waals surface area contributed by atoms with Crippen LogP contribution in [0.2, 0.25) is 0 Å². The molecule has 0 aromatic heterocycles. The summed E-state index contributed by atoms with van der Waals surface area (Å²) in [5.41, 5.74) is 0.705. The topological polar surface area (TPSA) is 104 Å². The van der Waals surface area contributed by atoms with Crippen LogP contribution in [0, 0.1) is 5.92 Å². The predicted molar refractivity (Wildman–Crippen MR) is 121 cm³/mol. The maximum Gasteiger partial charge on any atom is 0.223 e. The van der Waals surface area contributed by atoms with E-state index in [4.69, 9.17) is 4.74 Å². The average Bonchev–Trinajstić information content (AvgIpc) is 3.47. The van der Waals surface area contributed by atoms with Crippen molar-refractivity contribution >= 4 is 47.4 Å². The molecule has 1 aliphatic rings. The number of nitrogens with one attached hydrogen (secondary N) is 4. The van der Waals surface area contributed by atoms with Gasteiger partial charge in [-0.25, -0.2) is 0 Å². The molecule has 1 aromatic rings. The summed E-state index contributed by atoms with van der Waals surface area (Å²) in [7, 11) is 0. The molecule has 2 amide bonds. The molecule has 1 saturated carbocycles. The van der Waals surface area contributed by atoms with E-state index in [2.05, 4.69) is 26.3 Å². The summed E-state index contributed by atoms with van der Waals surface area (Å²) in [5.74, 6) is 1.62. The standard InChI is InChI=1S/C19H29N5O3.HI/c1-3-20-19(22-10-9-21-18(26)15-7-8-15)23-11-12-27-17-6-4-5-16(13-17)24-14(2)25;/h4-6,13,15H,3,7-12H2,1-2H3,(H,21,26)(H,24,25)(H2,20,22,23);1H. The van der Waals surface area contributed by atoms with Crippen LogP contribution in [0.1, 0.15) is 26.7 Å². The van der Waals surface area contributed by atoms with Crippen molar-refractivity contribution in [2.75, 3.05) is 38.1 Å². The first-order valence-electron chi connectivity index (χ1n) is 9.39. The molecule has 0 heterocycles. The molecule has 2 rings (SSSR count). The molecule has 0 aliphatic heterocycles. The van der Waals surface area contributed by atoms with Crippen LogP contribution in [-0.2, 0) is 9.59 Å². The highest BCUT2D eigenvalue weighted by Crippen LogP contribution is 2.28. The smallest absolute Gasteiger partial charge is 0.223 e. The van der Waals surface area contributed by atoms with Crippen molar-refractivity contribution in [3.8, 4) is 5.75 Å². The van der Waals surface area contributed by atoms with Gasteiger partial charge in [0.05, 0.1) is 13.1 Å². The van der Waals surface area contributed by atoms with Crippen molar-refractivity contribution in [3.63, 3.8) is 0 Å². The zero-order valence-electron chi connectivity index (χ0n) is 16.4. The summed E-state index contributed by atoms with van der Waals surface area (Å²) in [6.45, 7) is 6.30. The lowest BCUT2D eigenvalue weighted by atomic mass is 10.3. The van der Waals surface area contributed by atoms with Crippen molar-refractivity contribution in [1.29, 1.82) is 0 Å². The van der Waals surface area contributed by atoms with Crippen LogP contribution in [-0.4, -0.2) is 50.6 Å². The van der Waals surface area contributed by atoms with Gasteiger partial charge in [-0.3, -0.25) is 14.6 Å². The van der Waals surface area contributed by atoms with Gasteiger partial charge in [-0.05, 0) is 31.9 Å². The fourth-order valence-corrected chi connectivity index (χ4v) is 2.38. The van der Waals surface area contributed by atoms with E-state index in [1.165, 1.54) is 6.92 Å². The molecule has 4 N–H and O–H groups in total. The van der Waals surface area contributed by atoms with E-state index >= 15 is 0 Å². The zero-order chi connectivity index (χ0) is 19.5. The predicted octanol–water partition coefficient (Wildman–Crippen LogP) is 1.72. The molecule has 8 nitrogen and oxygen atoms in total. The number of hydrogen-bond donors (Lipinski definition) is 4. The molecule has 0 unspecified atom stereocenters. The van der Waals surface area contributed by atoms with Gasteiger partial charge in [-0.1, -0.05) is 6.07 Å².